The van der Waals surface area contributed by atoms with E-state index in [1.54, 1.807) is 24.3 Å². The van der Waals surface area contributed by atoms with Crippen LogP contribution in [0.3, 0.4) is 0 Å². The Hall–Kier alpha value is -2.63. The predicted molar refractivity (Wildman–Crippen MR) is 64.7 cm³/mol. The Bertz CT molecular complexity index is 531. The van der Waals surface area contributed by atoms with Gasteiger partial charge in [0.05, 0.1) is 19.5 Å². The molecular formula is C12H11N3O3. The van der Waals surface area contributed by atoms with Gasteiger partial charge >= 0.3 is 6.09 Å². The summed E-state index contributed by atoms with van der Waals surface area (Å²) in [4.78, 5) is 19.4. The molecular weight excluding hydrogens is 234 g/mol. The van der Waals surface area contributed by atoms with Gasteiger partial charge in [0.1, 0.15) is 5.75 Å². The Morgan fingerprint density at radius 1 is 1.22 bits per heavy atom. The van der Waals surface area contributed by atoms with E-state index in [2.05, 4.69) is 15.3 Å². The van der Waals surface area contributed by atoms with Crippen molar-refractivity contribution in [1.29, 1.82) is 0 Å². The molecule has 1 heterocycles. The van der Waals surface area contributed by atoms with Gasteiger partial charge < -0.3 is 9.47 Å². The highest BCUT2D eigenvalue weighted by molar-refractivity contribution is 5.84. The van der Waals surface area contributed by atoms with Crippen molar-refractivity contribution in [1.82, 2.24) is 9.97 Å². The highest BCUT2D eigenvalue weighted by atomic mass is 16.6. The first kappa shape index (κ1) is 11.8. The zero-order valence-corrected chi connectivity index (χ0v) is 9.66. The van der Waals surface area contributed by atoms with Crippen LogP contribution in [-0.4, -0.2) is 23.2 Å². The number of hydrogen-bond acceptors (Lipinski definition) is 5. The minimum Gasteiger partial charge on any atom is -0.480 e. The third-order valence-corrected chi connectivity index (χ3v) is 2.01. The summed E-state index contributed by atoms with van der Waals surface area (Å²) < 4.78 is 9.92. The van der Waals surface area contributed by atoms with Crippen LogP contribution in [0.1, 0.15) is 0 Å². The van der Waals surface area contributed by atoms with Crippen molar-refractivity contribution >= 4 is 11.9 Å². The number of amides is 1. The molecule has 2 rings (SSSR count). The monoisotopic (exact) mass is 245 g/mol. The molecule has 0 atom stereocenters. The zero-order valence-electron chi connectivity index (χ0n) is 9.66. The van der Waals surface area contributed by atoms with E-state index in [9.17, 15) is 4.79 Å². The normalized spacial score (nSPS) is 9.61. The average molecular weight is 245 g/mol. The molecule has 0 unspecified atom stereocenters. The summed E-state index contributed by atoms with van der Waals surface area (Å²) in [5, 5.41) is 2.45. The van der Waals surface area contributed by atoms with E-state index in [-0.39, 0.29) is 5.82 Å². The third kappa shape index (κ3) is 3.18. The van der Waals surface area contributed by atoms with Gasteiger partial charge in [-0.25, -0.2) is 4.79 Å². The molecule has 6 heteroatoms. The zero-order chi connectivity index (χ0) is 12.8. The summed E-state index contributed by atoms with van der Waals surface area (Å²) >= 11 is 0. The van der Waals surface area contributed by atoms with E-state index < -0.39 is 6.09 Å². The molecule has 6 nitrogen and oxygen atoms in total. The van der Waals surface area contributed by atoms with Crippen LogP contribution in [-0.2, 0) is 0 Å². The number of hydrogen-bond donors (Lipinski definition) is 1. The minimum absolute atomic E-state index is 0.260. The van der Waals surface area contributed by atoms with E-state index in [1.165, 1.54) is 19.5 Å². The van der Waals surface area contributed by atoms with Crippen LogP contribution in [0.4, 0.5) is 10.6 Å². The standard InChI is InChI=1S/C12H11N3O3/c1-17-11-8-13-7-10(14-11)15-12(16)18-9-5-3-2-4-6-9/h2-8H,1H3,(H,14,15,16). The fraction of sp³-hybridized carbons (Fsp3) is 0.0833. The van der Waals surface area contributed by atoms with Crippen molar-refractivity contribution in [3.8, 4) is 11.6 Å². The topological polar surface area (TPSA) is 73.3 Å². The summed E-state index contributed by atoms with van der Waals surface area (Å²) in [6.45, 7) is 0. The molecule has 0 aliphatic rings. The van der Waals surface area contributed by atoms with E-state index in [1.807, 2.05) is 6.07 Å². The first-order valence-electron chi connectivity index (χ1n) is 5.18. The highest BCUT2D eigenvalue weighted by Crippen LogP contribution is 2.11. The molecule has 0 spiro atoms. The van der Waals surface area contributed by atoms with E-state index in [0.29, 0.717) is 11.6 Å². The molecule has 0 saturated carbocycles. The molecule has 0 radical (unpaired) electrons. The molecule has 2 aromatic rings. The molecule has 1 aromatic heterocycles. The number of carbonyl (C=O) groups is 1. The lowest BCUT2D eigenvalue weighted by molar-refractivity contribution is 0.215. The van der Waals surface area contributed by atoms with E-state index in [0.717, 1.165) is 0 Å². The van der Waals surface area contributed by atoms with Gasteiger partial charge in [0.2, 0.25) is 5.88 Å². The van der Waals surface area contributed by atoms with Crippen molar-refractivity contribution in [3.63, 3.8) is 0 Å². The van der Waals surface area contributed by atoms with Crippen LogP contribution >= 0.6 is 0 Å². The second-order valence-electron chi connectivity index (χ2n) is 3.27. The van der Waals surface area contributed by atoms with E-state index in [4.69, 9.17) is 9.47 Å². The molecule has 0 aliphatic heterocycles. The Morgan fingerprint density at radius 3 is 2.72 bits per heavy atom. The first-order chi connectivity index (χ1) is 8.78. The molecule has 92 valence electrons. The molecule has 1 aromatic carbocycles. The molecule has 1 N–H and O–H groups in total. The average Bonchev–Trinajstić information content (AvgIpc) is 2.40. The fourth-order valence-corrected chi connectivity index (χ4v) is 1.23. The van der Waals surface area contributed by atoms with Crippen LogP contribution in [0, 0.1) is 0 Å². The van der Waals surface area contributed by atoms with Crippen molar-refractivity contribution in [2.45, 2.75) is 0 Å². The first-order valence-corrected chi connectivity index (χ1v) is 5.18. The van der Waals surface area contributed by atoms with Crippen molar-refractivity contribution in [2.75, 3.05) is 12.4 Å². The van der Waals surface area contributed by atoms with Gasteiger partial charge in [0, 0.05) is 0 Å². The summed E-state index contributed by atoms with van der Waals surface area (Å²) in [5.74, 6) is 1.02. The third-order valence-electron chi connectivity index (χ3n) is 2.01. The number of methoxy groups -OCH3 is 1. The van der Waals surface area contributed by atoms with Crippen LogP contribution in [0.15, 0.2) is 42.7 Å². The summed E-state index contributed by atoms with van der Waals surface area (Å²) in [5.41, 5.74) is 0. The summed E-state index contributed by atoms with van der Waals surface area (Å²) in [6, 6.07) is 8.73. The molecule has 0 fully saturated rings. The molecule has 18 heavy (non-hydrogen) atoms. The maximum atomic E-state index is 11.5. The van der Waals surface area contributed by atoms with Crippen LogP contribution in [0.5, 0.6) is 11.6 Å². The lowest BCUT2D eigenvalue weighted by Crippen LogP contribution is -2.17. The fourth-order valence-electron chi connectivity index (χ4n) is 1.23. The number of para-hydroxylation sites is 1. The number of rotatable bonds is 3. The van der Waals surface area contributed by atoms with Gasteiger partial charge in [-0.2, -0.15) is 4.98 Å². The Balaban J connectivity index is 1.99. The van der Waals surface area contributed by atoms with Gasteiger partial charge in [-0.1, -0.05) is 18.2 Å². The number of anilines is 1. The van der Waals surface area contributed by atoms with Gasteiger partial charge in [-0.3, -0.25) is 10.3 Å². The highest BCUT2D eigenvalue weighted by Gasteiger charge is 2.06. The maximum absolute atomic E-state index is 11.5. The largest absolute Gasteiger partial charge is 0.480 e. The maximum Gasteiger partial charge on any atom is 0.418 e. The Labute approximate surface area is 104 Å². The van der Waals surface area contributed by atoms with Crippen LogP contribution in [0.2, 0.25) is 0 Å². The number of aromatic nitrogens is 2. The lowest BCUT2D eigenvalue weighted by Gasteiger charge is -2.06. The summed E-state index contributed by atoms with van der Waals surface area (Å²) in [7, 11) is 1.47. The number of nitrogens with zero attached hydrogens (tertiary/aromatic N) is 2. The number of carbonyl (C=O) groups excluding carboxylic acids is 1. The molecule has 0 saturated heterocycles. The summed E-state index contributed by atoms with van der Waals surface area (Å²) in [6.07, 6.45) is 2.20. The SMILES string of the molecule is COc1cncc(NC(=O)Oc2ccccc2)n1. The van der Waals surface area contributed by atoms with Crippen LogP contribution in [0.25, 0.3) is 0 Å². The van der Waals surface area contributed by atoms with Gasteiger partial charge in [-0.05, 0) is 12.1 Å². The van der Waals surface area contributed by atoms with Crippen molar-refractivity contribution in [3.05, 3.63) is 42.7 Å². The molecule has 1 amide bonds. The molecule has 0 aliphatic carbocycles. The predicted octanol–water partition coefficient (Wildman–Crippen LogP) is 2.10. The smallest absolute Gasteiger partial charge is 0.418 e. The number of benzene rings is 1. The second-order valence-corrected chi connectivity index (χ2v) is 3.27. The minimum atomic E-state index is -0.635. The Morgan fingerprint density at radius 2 is 2.00 bits per heavy atom. The van der Waals surface area contributed by atoms with Gasteiger partial charge in [0.15, 0.2) is 5.82 Å². The lowest BCUT2D eigenvalue weighted by atomic mass is 10.3. The van der Waals surface area contributed by atoms with Gasteiger partial charge in [-0.15, -0.1) is 0 Å². The van der Waals surface area contributed by atoms with Crippen LogP contribution < -0.4 is 14.8 Å². The number of nitrogens with one attached hydrogen (secondary N) is 1. The quantitative estimate of drug-likeness (QED) is 0.896. The van der Waals surface area contributed by atoms with Gasteiger partial charge in [0.25, 0.3) is 0 Å². The van der Waals surface area contributed by atoms with Crippen molar-refractivity contribution in [2.24, 2.45) is 0 Å². The second kappa shape index (κ2) is 5.62. The number of ether oxygens (including phenoxy) is 2. The molecule has 0 bridgehead atoms. The Kier molecular flexibility index (Phi) is 3.70. The van der Waals surface area contributed by atoms with E-state index >= 15 is 0 Å². The van der Waals surface area contributed by atoms with Crippen molar-refractivity contribution < 1.29 is 14.3 Å².